The van der Waals surface area contributed by atoms with Crippen LogP contribution in [0.3, 0.4) is 0 Å². The molecule has 1 atom stereocenters. The molecule has 1 unspecified atom stereocenters. The molecule has 2 aliphatic heterocycles. The molecule has 0 radical (unpaired) electrons. The lowest BCUT2D eigenvalue weighted by Crippen LogP contribution is -2.54. The second-order valence-corrected chi connectivity index (χ2v) is 9.36. The SMILES string of the molecule is COc1cccc(CC(=O)N2CCC(C3(C)NC(=O)N(Cc4cccc(OC)c4OC)C3=O)CC2)c1. The average Bonchev–Trinajstić information content (AvgIpc) is 3.12. The van der Waals surface area contributed by atoms with Crippen LogP contribution in [0.5, 0.6) is 17.2 Å². The smallest absolute Gasteiger partial charge is 0.325 e. The van der Waals surface area contributed by atoms with Gasteiger partial charge in [0.05, 0.1) is 34.3 Å². The zero-order chi connectivity index (χ0) is 25.9. The fraction of sp³-hybridized carbons (Fsp3) is 0.444. The molecule has 192 valence electrons. The molecule has 1 N–H and O–H groups in total. The van der Waals surface area contributed by atoms with Gasteiger partial charge in [-0.3, -0.25) is 14.5 Å². The first-order valence-corrected chi connectivity index (χ1v) is 12.1. The molecule has 0 saturated carbocycles. The summed E-state index contributed by atoms with van der Waals surface area (Å²) in [6.45, 7) is 2.94. The Hall–Kier alpha value is -3.75. The third-order valence-corrected chi connectivity index (χ3v) is 7.27. The van der Waals surface area contributed by atoms with E-state index < -0.39 is 11.6 Å². The second kappa shape index (κ2) is 10.5. The Morgan fingerprint density at radius 3 is 2.42 bits per heavy atom. The van der Waals surface area contributed by atoms with Gasteiger partial charge in [-0.15, -0.1) is 0 Å². The summed E-state index contributed by atoms with van der Waals surface area (Å²) in [5, 5.41) is 2.93. The van der Waals surface area contributed by atoms with Gasteiger partial charge in [-0.2, -0.15) is 0 Å². The van der Waals surface area contributed by atoms with Crippen molar-refractivity contribution < 1.29 is 28.6 Å². The number of hydrogen-bond donors (Lipinski definition) is 1. The van der Waals surface area contributed by atoms with E-state index in [1.165, 1.54) is 12.0 Å². The first-order valence-electron chi connectivity index (χ1n) is 12.1. The van der Waals surface area contributed by atoms with Crippen LogP contribution < -0.4 is 19.5 Å². The number of rotatable bonds is 8. The van der Waals surface area contributed by atoms with Gasteiger partial charge in [-0.25, -0.2) is 4.79 Å². The molecule has 2 aromatic carbocycles. The van der Waals surface area contributed by atoms with Gasteiger partial charge >= 0.3 is 6.03 Å². The van der Waals surface area contributed by atoms with Crippen molar-refractivity contribution in [3.05, 3.63) is 53.6 Å². The lowest BCUT2D eigenvalue weighted by molar-refractivity contribution is -0.135. The highest BCUT2D eigenvalue weighted by atomic mass is 16.5. The summed E-state index contributed by atoms with van der Waals surface area (Å²) in [6.07, 6.45) is 1.55. The van der Waals surface area contributed by atoms with Crippen LogP contribution in [0.15, 0.2) is 42.5 Å². The van der Waals surface area contributed by atoms with Gasteiger partial charge in [0.1, 0.15) is 11.3 Å². The van der Waals surface area contributed by atoms with Crippen LogP contribution in [0.4, 0.5) is 4.79 Å². The largest absolute Gasteiger partial charge is 0.497 e. The van der Waals surface area contributed by atoms with E-state index in [4.69, 9.17) is 14.2 Å². The maximum absolute atomic E-state index is 13.5. The predicted octanol–water partition coefficient (Wildman–Crippen LogP) is 3.00. The molecule has 36 heavy (non-hydrogen) atoms. The van der Waals surface area contributed by atoms with Gasteiger partial charge in [0.25, 0.3) is 5.91 Å². The molecule has 0 aliphatic carbocycles. The first kappa shape index (κ1) is 25.3. The minimum absolute atomic E-state index is 0.0420. The van der Waals surface area contributed by atoms with Crippen LogP contribution in [0.1, 0.15) is 30.9 Å². The first-order chi connectivity index (χ1) is 17.3. The number of likely N-dealkylation sites (tertiary alicyclic amines) is 1. The molecule has 0 spiro atoms. The van der Waals surface area contributed by atoms with Crippen molar-refractivity contribution >= 4 is 17.8 Å². The second-order valence-electron chi connectivity index (χ2n) is 9.36. The summed E-state index contributed by atoms with van der Waals surface area (Å²) in [7, 11) is 4.67. The minimum Gasteiger partial charge on any atom is -0.497 e. The van der Waals surface area contributed by atoms with E-state index in [-0.39, 0.29) is 24.3 Å². The molecule has 2 aliphatic rings. The number of methoxy groups -OCH3 is 3. The van der Waals surface area contributed by atoms with E-state index in [9.17, 15) is 14.4 Å². The Kier molecular flexibility index (Phi) is 7.37. The molecule has 9 heteroatoms. The number of amides is 4. The Morgan fingerprint density at radius 2 is 1.75 bits per heavy atom. The van der Waals surface area contributed by atoms with Crippen LogP contribution in [0.2, 0.25) is 0 Å². The third kappa shape index (κ3) is 4.82. The van der Waals surface area contributed by atoms with E-state index >= 15 is 0 Å². The van der Waals surface area contributed by atoms with E-state index in [0.717, 1.165) is 11.3 Å². The van der Waals surface area contributed by atoms with Gasteiger partial charge in [0.2, 0.25) is 5.91 Å². The summed E-state index contributed by atoms with van der Waals surface area (Å²) in [4.78, 5) is 42.3. The number of ether oxygens (including phenoxy) is 3. The van der Waals surface area contributed by atoms with Crippen molar-refractivity contribution in [1.29, 1.82) is 0 Å². The monoisotopic (exact) mass is 495 g/mol. The number of benzene rings is 2. The minimum atomic E-state index is -1.02. The van der Waals surface area contributed by atoms with E-state index in [1.54, 1.807) is 33.3 Å². The molecule has 2 aromatic rings. The summed E-state index contributed by atoms with van der Waals surface area (Å²) in [5.41, 5.74) is 0.559. The number of para-hydroxylation sites is 1. The fourth-order valence-corrected chi connectivity index (χ4v) is 5.16. The quantitative estimate of drug-likeness (QED) is 0.566. The molecular weight excluding hydrogens is 462 g/mol. The molecule has 9 nitrogen and oxygen atoms in total. The van der Waals surface area contributed by atoms with E-state index in [2.05, 4.69) is 5.32 Å². The number of piperidine rings is 1. The fourth-order valence-electron chi connectivity index (χ4n) is 5.16. The van der Waals surface area contributed by atoms with Crippen LogP contribution in [0.25, 0.3) is 0 Å². The van der Waals surface area contributed by atoms with Crippen molar-refractivity contribution in [3.8, 4) is 17.2 Å². The molecule has 4 amide bonds. The van der Waals surface area contributed by atoms with E-state index in [1.807, 2.05) is 35.2 Å². The van der Waals surface area contributed by atoms with Crippen molar-refractivity contribution in [2.45, 2.75) is 38.3 Å². The molecule has 2 saturated heterocycles. The van der Waals surface area contributed by atoms with Gasteiger partial charge in [0.15, 0.2) is 11.5 Å². The van der Waals surface area contributed by atoms with E-state index in [0.29, 0.717) is 49.4 Å². The lowest BCUT2D eigenvalue weighted by Gasteiger charge is -2.39. The predicted molar refractivity (Wildman–Crippen MR) is 133 cm³/mol. The average molecular weight is 496 g/mol. The van der Waals surface area contributed by atoms with Gasteiger partial charge in [-0.05, 0) is 49.4 Å². The Labute approximate surface area is 211 Å². The summed E-state index contributed by atoms with van der Waals surface area (Å²) in [6, 6.07) is 12.4. The van der Waals surface area contributed by atoms with Gasteiger partial charge < -0.3 is 24.4 Å². The van der Waals surface area contributed by atoms with Crippen molar-refractivity contribution in [2.75, 3.05) is 34.4 Å². The molecule has 2 heterocycles. The lowest BCUT2D eigenvalue weighted by atomic mass is 9.78. The van der Waals surface area contributed by atoms with Crippen molar-refractivity contribution in [1.82, 2.24) is 15.1 Å². The molecule has 2 fully saturated rings. The maximum Gasteiger partial charge on any atom is 0.325 e. The number of nitrogens with zero attached hydrogens (tertiary/aromatic N) is 2. The topological polar surface area (TPSA) is 97.4 Å². The summed E-state index contributed by atoms with van der Waals surface area (Å²) < 4.78 is 16.1. The van der Waals surface area contributed by atoms with Crippen LogP contribution in [-0.2, 0) is 22.6 Å². The van der Waals surface area contributed by atoms with Gasteiger partial charge in [0, 0.05) is 18.7 Å². The Balaban J connectivity index is 1.40. The number of hydrogen-bond acceptors (Lipinski definition) is 6. The van der Waals surface area contributed by atoms with Crippen LogP contribution in [0, 0.1) is 5.92 Å². The number of carbonyl (C=O) groups excluding carboxylic acids is 3. The molecule has 0 bridgehead atoms. The normalized spacial score (nSPS) is 20.3. The molecule has 4 rings (SSSR count). The zero-order valence-electron chi connectivity index (χ0n) is 21.2. The van der Waals surface area contributed by atoms with Crippen molar-refractivity contribution in [3.63, 3.8) is 0 Å². The number of imide groups is 1. The molecular formula is C27H33N3O6. The highest BCUT2D eigenvalue weighted by molar-refractivity contribution is 6.07. The summed E-state index contributed by atoms with van der Waals surface area (Å²) >= 11 is 0. The van der Waals surface area contributed by atoms with Crippen LogP contribution in [-0.4, -0.2) is 67.6 Å². The molecule has 0 aromatic heterocycles. The standard InChI is InChI=1S/C27H33N3O6/c1-27(20-11-13-29(14-12-20)23(31)16-18-7-5-9-21(15-18)34-2)25(32)30(26(33)28-27)17-19-8-6-10-22(35-3)24(19)36-4/h5-10,15,20H,11-14,16-17H2,1-4H3,(H,28,33). The van der Waals surface area contributed by atoms with Crippen molar-refractivity contribution in [2.24, 2.45) is 5.92 Å². The highest BCUT2D eigenvalue weighted by Crippen LogP contribution is 2.36. The number of nitrogens with one attached hydrogen (secondary N) is 1. The highest BCUT2D eigenvalue weighted by Gasteiger charge is 2.53. The third-order valence-electron chi connectivity index (χ3n) is 7.27. The number of carbonyl (C=O) groups is 3. The number of urea groups is 1. The van der Waals surface area contributed by atoms with Crippen LogP contribution >= 0.6 is 0 Å². The maximum atomic E-state index is 13.5. The Bertz CT molecular complexity index is 1140. The van der Waals surface area contributed by atoms with Gasteiger partial charge in [-0.1, -0.05) is 24.3 Å². The zero-order valence-corrected chi connectivity index (χ0v) is 21.2. The summed E-state index contributed by atoms with van der Waals surface area (Å²) in [5.74, 6) is 1.46. The Morgan fingerprint density at radius 1 is 1.03 bits per heavy atom.